The Morgan fingerprint density at radius 3 is 2.50 bits per heavy atom. The predicted molar refractivity (Wildman–Crippen MR) is 74.8 cm³/mol. The van der Waals surface area contributed by atoms with Gasteiger partial charge in [0.15, 0.2) is 11.5 Å². The minimum atomic E-state index is -0.466. The highest BCUT2D eigenvalue weighted by atomic mass is 16.3. The Morgan fingerprint density at radius 2 is 1.90 bits per heavy atom. The topological polar surface area (TPSA) is 88.0 Å². The van der Waals surface area contributed by atoms with Gasteiger partial charge in [-0.05, 0) is 12.3 Å². The van der Waals surface area contributed by atoms with Crippen LogP contribution in [0.3, 0.4) is 0 Å². The molecule has 0 bridgehead atoms. The Bertz CT molecular complexity index is 615. The second kappa shape index (κ2) is 6.12. The summed E-state index contributed by atoms with van der Waals surface area (Å²) in [5, 5.41) is 37.4. The number of nitriles is 2. The number of allylic oxidation sites excluding steroid dienone is 1. The molecule has 1 aromatic rings. The van der Waals surface area contributed by atoms with E-state index in [0.717, 1.165) is 6.42 Å². The Morgan fingerprint density at radius 1 is 1.20 bits per heavy atom. The van der Waals surface area contributed by atoms with Crippen LogP contribution in [0.25, 0.3) is 6.08 Å². The van der Waals surface area contributed by atoms with E-state index in [4.69, 9.17) is 10.5 Å². The maximum absolute atomic E-state index is 9.69. The molecule has 1 saturated carbocycles. The van der Waals surface area contributed by atoms with E-state index in [1.54, 1.807) is 6.08 Å². The summed E-state index contributed by atoms with van der Waals surface area (Å²) in [5.41, 5.74) is 0.520. The molecule has 0 radical (unpaired) electrons. The molecule has 0 saturated heterocycles. The summed E-state index contributed by atoms with van der Waals surface area (Å²) < 4.78 is 0. The number of rotatable bonds is 3. The third-order valence-electron chi connectivity index (χ3n) is 3.78. The smallest absolute Gasteiger partial charge is 0.176 e. The summed E-state index contributed by atoms with van der Waals surface area (Å²) in [5.74, 6) is -0.230. The van der Waals surface area contributed by atoms with E-state index in [0.29, 0.717) is 11.5 Å². The van der Waals surface area contributed by atoms with Gasteiger partial charge in [-0.15, -0.1) is 0 Å². The molecular weight excluding hydrogens is 252 g/mol. The van der Waals surface area contributed by atoms with Crippen molar-refractivity contribution in [2.75, 3.05) is 0 Å². The third-order valence-corrected chi connectivity index (χ3v) is 3.78. The van der Waals surface area contributed by atoms with E-state index in [-0.39, 0.29) is 11.1 Å². The SMILES string of the molecule is N#Cc1cc(O)c(O)c(C#N)c1/C=C/CC1CCCC1. The second-order valence-electron chi connectivity index (χ2n) is 5.09. The van der Waals surface area contributed by atoms with Crippen LogP contribution in [-0.2, 0) is 0 Å². The molecule has 0 atom stereocenters. The van der Waals surface area contributed by atoms with E-state index in [9.17, 15) is 10.2 Å². The Labute approximate surface area is 118 Å². The summed E-state index contributed by atoms with van der Waals surface area (Å²) in [6.45, 7) is 0. The van der Waals surface area contributed by atoms with E-state index in [1.807, 2.05) is 18.2 Å². The Hall–Kier alpha value is -2.46. The molecule has 0 aromatic heterocycles. The van der Waals surface area contributed by atoms with Crippen molar-refractivity contribution in [3.63, 3.8) is 0 Å². The minimum absolute atomic E-state index is 0.0516. The van der Waals surface area contributed by atoms with Crippen molar-refractivity contribution in [3.8, 4) is 23.6 Å². The molecule has 1 aliphatic rings. The summed E-state index contributed by atoms with van der Waals surface area (Å²) in [6.07, 6.45) is 9.55. The zero-order valence-corrected chi connectivity index (χ0v) is 11.1. The van der Waals surface area contributed by atoms with Gasteiger partial charge >= 0.3 is 0 Å². The molecule has 2 N–H and O–H groups in total. The zero-order chi connectivity index (χ0) is 14.5. The lowest BCUT2D eigenvalue weighted by Gasteiger charge is -2.07. The number of nitrogens with zero attached hydrogens (tertiary/aromatic N) is 2. The fourth-order valence-electron chi connectivity index (χ4n) is 2.68. The average Bonchev–Trinajstić information content (AvgIpc) is 2.96. The van der Waals surface area contributed by atoms with Gasteiger partial charge in [-0.3, -0.25) is 0 Å². The first-order chi connectivity index (χ1) is 9.67. The fourth-order valence-corrected chi connectivity index (χ4v) is 2.68. The van der Waals surface area contributed by atoms with Crippen LogP contribution in [0, 0.1) is 28.6 Å². The largest absolute Gasteiger partial charge is 0.504 e. The molecule has 4 nitrogen and oxygen atoms in total. The van der Waals surface area contributed by atoms with Crippen molar-refractivity contribution in [2.45, 2.75) is 32.1 Å². The van der Waals surface area contributed by atoms with Gasteiger partial charge < -0.3 is 10.2 Å². The molecule has 0 aliphatic heterocycles. The molecule has 102 valence electrons. The maximum atomic E-state index is 9.69. The van der Waals surface area contributed by atoms with Gasteiger partial charge in [0, 0.05) is 11.6 Å². The van der Waals surface area contributed by atoms with Gasteiger partial charge in [-0.2, -0.15) is 10.5 Å². The number of benzene rings is 1. The first kappa shape index (κ1) is 14.0. The number of phenolic OH excluding ortho intramolecular Hbond substituents is 2. The van der Waals surface area contributed by atoms with Gasteiger partial charge in [-0.25, -0.2) is 0 Å². The highest BCUT2D eigenvalue weighted by Gasteiger charge is 2.16. The molecule has 20 heavy (non-hydrogen) atoms. The van der Waals surface area contributed by atoms with E-state index >= 15 is 0 Å². The van der Waals surface area contributed by atoms with Crippen molar-refractivity contribution < 1.29 is 10.2 Å². The number of hydrogen-bond acceptors (Lipinski definition) is 4. The molecule has 4 heteroatoms. The molecule has 1 aromatic carbocycles. The summed E-state index contributed by atoms with van der Waals surface area (Å²) >= 11 is 0. The van der Waals surface area contributed by atoms with Crippen LogP contribution in [-0.4, -0.2) is 10.2 Å². The van der Waals surface area contributed by atoms with Gasteiger partial charge in [0.25, 0.3) is 0 Å². The lowest BCUT2D eigenvalue weighted by Crippen LogP contribution is -1.92. The highest BCUT2D eigenvalue weighted by Crippen LogP contribution is 2.34. The molecule has 1 fully saturated rings. The van der Waals surface area contributed by atoms with Crippen LogP contribution in [0.4, 0.5) is 0 Å². The van der Waals surface area contributed by atoms with Gasteiger partial charge in [-0.1, -0.05) is 37.8 Å². The van der Waals surface area contributed by atoms with Crippen molar-refractivity contribution in [3.05, 3.63) is 28.8 Å². The maximum Gasteiger partial charge on any atom is 0.176 e. The molecule has 0 unspecified atom stereocenters. The fraction of sp³-hybridized carbons (Fsp3) is 0.375. The molecule has 2 rings (SSSR count). The molecule has 0 heterocycles. The van der Waals surface area contributed by atoms with Crippen LogP contribution >= 0.6 is 0 Å². The summed E-state index contributed by atoms with van der Waals surface area (Å²) in [7, 11) is 0. The third kappa shape index (κ3) is 2.75. The number of hydrogen-bond donors (Lipinski definition) is 2. The first-order valence-corrected chi connectivity index (χ1v) is 6.73. The molecule has 0 amide bonds. The second-order valence-corrected chi connectivity index (χ2v) is 5.09. The van der Waals surface area contributed by atoms with Crippen molar-refractivity contribution in [1.29, 1.82) is 10.5 Å². The van der Waals surface area contributed by atoms with Crippen molar-refractivity contribution in [2.24, 2.45) is 5.92 Å². The van der Waals surface area contributed by atoms with Crippen molar-refractivity contribution >= 4 is 6.08 Å². The first-order valence-electron chi connectivity index (χ1n) is 6.73. The van der Waals surface area contributed by atoms with Crippen LogP contribution in [0.5, 0.6) is 11.5 Å². The highest BCUT2D eigenvalue weighted by molar-refractivity contribution is 5.71. The van der Waals surface area contributed by atoms with E-state index < -0.39 is 11.5 Å². The van der Waals surface area contributed by atoms with Gasteiger partial charge in [0.1, 0.15) is 11.6 Å². The Kier molecular flexibility index (Phi) is 4.27. The van der Waals surface area contributed by atoms with Crippen LogP contribution in [0.15, 0.2) is 12.1 Å². The van der Waals surface area contributed by atoms with Crippen LogP contribution in [0.2, 0.25) is 0 Å². The lowest BCUT2D eigenvalue weighted by atomic mass is 9.98. The number of aromatic hydroxyl groups is 2. The zero-order valence-electron chi connectivity index (χ0n) is 11.1. The van der Waals surface area contributed by atoms with Crippen LogP contribution < -0.4 is 0 Å². The quantitative estimate of drug-likeness (QED) is 0.822. The molecular formula is C16H16N2O2. The van der Waals surface area contributed by atoms with E-state index in [2.05, 4.69) is 0 Å². The normalized spacial score (nSPS) is 15.3. The van der Waals surface area contributed by atoms with Gasteiger partial charge in [0.2, 0.25) is 0 Å². The number of phenols is 2. The molecule has 1 aliphatic carbocycles. The standard InChI is InChI=1S/C16H16N2O2/c17-9-12-8-15(19)16(20)14(10-18)13(12)7-3-6-11-4-1-2-5-11/h3,7-8,11,19-20H,1-2,4-6H2/b7-3+. The van der Waals surface area contributed by atoms with Crippen LogP contribution in [0.1, 0.15) is 48.8 Å². The van der Waals surface area contributed by atoms with E-state index in [1.165, 1.54) is 31.7 Å². The monoisotopic (exact) mass is 268 g/mol. The van der Waals surface area contributed by atoms with Gasteiger partial charge in [0.05, 0.1) is 11.6 Å². The molecule has 0 spiro atoms. The minimum Gasteiger partial charge on any atom is -0.504 e. The summed E-state index contributed by atoms with van der Waals surface area (Å²) in [4.78, 5) is 0. The van der Waals surface area contributed by atoms with Crippen molar-refractivity contribution in [1.82, 2.24) is 0 Å². The predicted octanol–water partition coefficient (Wildman–Crippen LogP) is 3.43. The summed E-state index contributed by atoms with van der Waals surface area (Å²) in [6, 6.07) is 4.97. The average molecular weight is 268 g/mol. The Balaban J connectivity index is 2.30. The lowest BCUT2D eigenvalue weighted by molar-refractivity contribution is 0.402.